The number of pyridine rings is 1. The average molecular weight is 383 g/mol. The maximum absolute atomic E-state index is 13.3. The SMILES string of the molecule is O=C(NO)c1ccc2c(c1)CN(S(=O)(=O)c1cccc3cccnc13)CC2. The fraction of sp³-hybridized carbons (Fsp3) is 0.158. The van der Waals surface area contributed by atoms with E-state index >= 15 is 0 Å². The highest BCUT2D eigenvalue weighted by Gasteiger charge is 2.30. The lowest BCUT2D eigenvalue weighted by atomic mass is 9.98. The standard InChI is InChI=1S/C19H17N3O4S/c23-19(21-24)15-7-6-13-8-10-22(12-16(13)11-15)27(25,26)17-5-1-3-14-4-2-9-20-18(14)17/h1-7,9,11,24H,8,10,12H2,(H,21,23). The molecule has 1 aliphatic heterocycles. The Morgan fingerprint density at radius 2 is 1.93 bits per heavy atom. The average Bonchev–Trinajstić information content (AvgIpc) is 2.71. The number of nitrogens with zero attached hydrogens (tertiary/aromatic N) is 2. The molecule has 1 amide bonds. The summed E-state index contributed by atoms with van der Waals surface area (Å²) in [6, 6.07) is 13.7. The van der Waals surface area contributed by atoms with E-state index in [1.807, 2.05) is 12.1 Å². The van der Waals surface area contributed by atoms with E-state index in [-0.39, 0.29) is 17.0 Å². The molecule has 2 heterocycles. The van der Waals surface area contributed by atoms with E-state index in [1.54, 1.807) is 48.1 Å². The molecule has 138 valence electrons. The molecule has 0 bridgehead atoms. The second-order valence-corrected chi connectivity index (χ2v) is 8.25. The van der Waals surface area contributed by atoms with Crippen molar-refractivity contribution in [1.29, 1.82) is 0 Å². The first-order chi connectivity index (χ1) is 13.0. The van der Waals surface area contributed by atoms with Crippen molar-refractivity contribution in [2.75, 3.05) is 6.54 Å². The van der Waals surface area contributed by atoms with Crippen molar-refractivity contribution in [3.8, 4) is 0 Å². The van der Waals surface area contributed by atoms with E-state index in [4.69, 9.17) is 5.21 Å². The van der Waals surface area contributed by atoms with Crippen molar-refractivity contribution in [1.82, 2.24) is 14.8 Å². The molecule has 3 aromatic rings. The quantitative estimate of drug-likeness (QED) is 0.533. The van der Waals surface area contributed by atoms with Crippen LogP contribution < -0.4 is 5.48 Å². The van der Waals surface area contributed by atoms with Gasteiger partial charge in [0, 0.05) is 30.2 Å². The molecule has 1 aromatic heterocycles. The fourth-order valence-corrected chi connectivity index (χ4v) is 4.95. The summed E-state index contributed by atoms with van der Waals surface area (Å²) in [6.07, 6.45) is 2.13. The second-order valence-electron chi connectivity index (χ2n) is 6.34. The van der Waals surface area contributed by atoms with Gasteiger partial charge in [0.2, 0.25) is 10.0 Å². The van der Waals surface area contributed by atoms with Gasteiger partial charge in [-0.1, -0.05) is 24.3 Å². The van der Waals surface area contributed by atoms with Crippen molar-refractivity contribution in [2.24, 2.45) is 0 Å². The first-order valence-corrected chi connectivity index (χ1v) is 9.85. The number of para-hydroxylation sites is 1. The summed E-state index contributed by atoms with van der Waals surface area (Å²) >= 11 is 0. The first kappa shape index (κ1) is 17.6. The van der Waals surface area contributed by atoms with Gasteiger partial charge in [0.25, 0.3) is 5.91 Å². The molecule has 2 N–H and O–H groups in total. The number of carbonyl (C=O) groups excluding carboxylic acids is 1. The number of aromatic nitrogens is 1. The molecule has 7 nitrogen and oxygen atoms in total. The summed E-state index contributed by atoms with van der Waals surface area (Å²) in [7, 11) is -3.75. The van der Waals surface area contributed by atoms with Crippen LogP contribution in [0.2, 0.25) is 0 Å². The highest BCUT2D eigenvalue weighted by atomic mass is 32.2. The van der Waals surface area contributed by atoms with E-state index in [1.165, 1.54) is 4.31 Å². The molecule has 1 aliphatic rings. The van der Waals surface area contributed by atoms with Gasteiger partial charge in [0.15, 0.2) is 0 Å². The number of hydrogen-bond donors (Lipinski definition) is 2. The Balaban J connectivity index is 1.73. The summed E-state index contributed by atoms with van der Waals surface area (Å²) in [5.74, 6) is -0.629. The van der Waals surface area contributed by atoms with E-state index in [2.05, 4.69) is 4.98 Å². The van der Waals surface area contributed by atoms with Crippen LogP contribution in [0.5, 0.6) is 0 Å². The number of fused-ring (bicyclic) bond motifs is 2. The van der Waals surface area contributed by atoms with Gasteiger partial charge in [-0.15, -0.1) is 0 Å². The molecule has 0 unspecified atom stereocenters. The van der Waals surface area contributed by atoms with Gasteiger partial charge in [-0.3, -0.25) is 15.0 Å². The van der Waals surface area contributed by atoms with Crippen molar-refractivity contribution < 1.29 is 18.4 Å². The van der Waals surface area contributed by atoms with Crippen LogP contribution in [0.1, 0.15) is 21.5 Å². The van der Waals surface area contributed by atoms with Crippen LogP contribution in [0, 0.1) is 0 Å². The van der Waals surface area contributed by atoms with Crippen LogP contribution in [-0.4, -0.2) is 35.4 Å². The van der Waals surface area contributed by atoms with Crippen LogP contribution >= 0.6 is 0 Å². The van der Waals surface area contributed by atoms with Gasteiger partial charge in [-0.2, -0.15) is 4.31 Å². The monoisotopic (exact) mass is 383 g/mol. The van der Waals surface area contributed by atoms with Crippen LogP contribution in [0.4, 0.5) is 0 Å². The van der Waals surface area contributed by atoms with Crippen LogP contribution in [0.25, 0.3) is 10.9 Å². The van der Waals surface area contributed by atoms with Gasteiger partial charge < -0.3 is 0 Å². The summed E-state index contributed by atoms with van der Waals surface area (Å²) in [4.78, 5) is 16.1. The number of hydrogen-bond acceptors (Lipinski definition) is 5. The lowest BCUT2D eigenvalue weighted by Crippen LogP contribution is -2.36. The molecular weight excluding hydrogens is 366 g/mol. The number of benzene rings is 2. The summed E-state index contributed by atoms with van der Waals surface area (Å²) in [5, 5.41) is 9.57. The zero-order valence-corrected chi connectivity index (χ0v) is 15.1. The number of hydroxylamine groups is 1. The topological polar surface area (TPSA) is 99.6 Å². The molecule has 0 spiro atoms. The van der Waals surface area contributed by atoms with E-state index in [9.17, 15) is 13.2 Å². The molecule has 8 heteroatoms. The van der Waals surface area contributed by atoms with E-state index in [0.29, 0.717) is 18.5 Å². The van der Waals surface area contributed by atoms with Crippen molar-refractivity contribution >= 4 is 26.8 Å². The zero-order valence-electron chi connectivity index (χ0n) is 14.3. The molecule has 0 radical (unpaired) electrons. The maximum Gasteiger partial charge on any atom is 0.274 e. The first-order valence-electron chi connectivity index (χ1n) is 8.41. The van der Waals surface area contributed by atoms with Gasteiger partial charge in [-0.05, 0) is 41.8 Å². The smallest absolute Gasteiger partial charge is 0.274 e. The predicted octanol–water partition coefficient (Wildman–Crippen LogP) is 2.10. The molecule has 2 aromatic carbocycles. The molecule has 27 heavy (non-hydrogen) atoms. The van der Waals surface area contributed by atoms with Crippen LogP contribution in [-0.2, 0) is 23.0 Å². The van der Waals surface area contributed by atoms with E-state index in [0.717, 1.165) is 16.5 Å². The van der Waals surface area contributed by atoms with Crippen molar-refractivity contribution in [3.05, 3.63) is 71.4 Å². The van der Waals surface area contributed by atoms with Gasteiger partial charge >= 0.3 is 0 Å². The predicted molar refractivity (Wildman–Crippen MR) is 98.7 cm³/mol. The highest BCUT2D eigenvalue weighted by molar-refractivity contribution is 7.89. The van der Waals surface area contributed by atoms with Crippen molar-refractivity contribution in [3.63, 3.8) is 0 Å². The number of carbonyl (C=O) groups is 1. The number of rotatable bonds is 3. The molecule has 4 rings (SSSR count). The minimum atomic E-state index is -3.75. The lowest BCUT2D eigenvalue weighted by molar-refractivity contribution is 0.0706. The summed E-state index contributed by atoms with van der Waals surface area (Å²) in [5.41, 5.74) is 4.06. The zero-order chi connectivity index (χ0) is 19.0. The Kier molecular flexibility index (Phi) is 4.39. The largest absolute Gasteiger partial charge is 0.288 e. The number of amides is 1. The van der Waals surface area contributed by atoms with E-state index < -0.39 is 15.9 Å². The second kappa shape index (κ2) is 6.73. The molecule has 0 saturated heterocycles. The molecule has 0 saturated carbocycles. The molecular formula is C19H17N3O4S. The minimum absolute atomic E-state index is 0.160. The summed E-state index contributed by atoms with van der Waals surface area (Å²) < 4.78 is 27.9. The van der Waals surface area contributed by atoms with Crippen LogP contribution in [0.3, 0.4) is 0 Å². The Morgan fingerprint density at radius 3 is 2.74 bits per heavy atom. The summed E-state index contributed by atoms with van der Waals surface area (Å²) in [6.45, 7) is 0.511. The third-order valence-corrected chi connectivity index (χ3v) is 6.64. The highest BCUT2D eigenvalue weighted by Crippen LogP contribution is 2.29. The third kappa shape index (κ3) is 3.08. The lowest BCUT2D eigenvalue weighted by Gasteiger charge is -2.28. The molecule has 0 atom stereocenters. The Hall–Kier alpha value is -2.81. The Bertz CT molecular complexity index is 1140. The Morgan fingerprint density at radius 1 is 1.11 bits per heavy atom. The maximum atomic E-state index is 13.3. The third-order valence-electron chi connectivity index (χ3n) is 4.76. The minimum Gasteiger partial charge on any atom is -0.288 e. The fourth-order valence-electron chi connectivity index (χ4n) is 3.37. The normalized spacial score (nSPS) is 14.7. The van der Waals surface area contributed by atoms with Crippen molar-refractivity contribution in [2.45, 2.75) is 17.9 Å². The van der Waals surface area contributed by atoms with Gasteiger partial charge in [-0.25, -0.2) is 13.9 Å². The Labute approximate surface area is 156 Å². The molecule has 0 aliphatic carbocycles. The number of nitrogens with one attached hydrogen (secondary N) is 1. The molecule has 0 fully saturated rings. The van der Waals surface area contributed by atoms with Crippen LogP contribution in [0.15, 0.2) is 59.6 Å². The van der Waals surface area contributed by atoms with Gasteiger partial charge in [0.05, 0.1) is 5.52 Å². The number of sulfonamides is 1. The van der Waals surface area contributed by atoms with Gasteiger partial charge in [0.1, 0.15) is 4.90 Å².